The number of carbonyl (C=O) groups excluding carboxylic acids is 2. The number of nitrogens with zero attached hydrogens (tertiary/aromatic N) is 1. The first-order valence-corrected chi connectivity index (χ1v) is 8.95. The molecule has 0 radical (unpaired) electrons. The molecule has 1 heterocycles. The maximum Gasteiger partial charge on any atom is 0.299 e. The molecule has 1 aliphatic rings. The summed E-state index contributed by atoms with van der Waals surface area (Å²) in [6.07, 6.45) is 1.22. The summed E-state index contributed by atoms with van der Waals surface area (Å²) in [5.74, 6) is -0.275. The SMILES string of the molecule is CCCC(=O)C(C)(C)c1cc(C2=NNC(=O)SC2C)cc(F)c1C. The first-order valence-electron chi connectivity index (χ1n) is 8.07. The fraction of sp³-hybridized carbons (Fsp3) is 0.500. The lowest BCUT2D eigenvalue weighted by Gasteiger charge is -2.27. The van der Waals surface area contributed by atoms with Crippen molar-refractivity contribution in [1.82, 2.24) is 5.43 Å². The second kappa shape index (κ2) is 7.05. The highest BCUT2D eigenvalue weighted by molar-refractivity contribution is 8.14. The zero-order chi connectivity index (χ0) is 18.1. The molecule has 0 aromatic heterocycles. The number of thioether (sulfide) groups is 1. The largest absolute Gasteiger partial charge is 0.299 e. The molecule has 0 fully saturated rings. The van der Waals surface area contributed by atoms with Crippen LogP contribution < -0.4 is 5.43 Å². The molecule has 1 aromatic rings. The van der Waals surface area contributed by atoms with Crippen LogP contribution in [0.2, 0.25) is 0 Å². The van der Waals surface area contributed by atoms with Crippen LogP contribution in [-0.2, 0) is 10.2 Å². The molecule has 1 N–H and O–H groups in total. The van der Waals surface area contributed by atoms with Gasteiger partial charge < -0.3 is 0 Å². The lowest BCUT2D eigenvalue weighted by Crippen LogP contribution is -2.32. The van der Waals surface area contributed by atoms with E-state index in [1.165, 1.54) is 6.07 Å². The molecule has 0 saturated heterocycles. The van der Waals surface area contributed by atoms with Gasteiger partial charge in [0, 0.05) is 17.4 Å². The first-order chi connectivity index (χ1) is 11.2. The van der Waals surface area contributed by atoms with Crippen LogP contribution >= 0.6 is 11.8 Å². The molecule has 0 aliphatic carbocycles. The number of amides is 1. The van der Waals surface area contributed by atoms with Gasteiger partial charge in [-0.1, -0.05) is 18.7 Å². The molecule has 0 saturated carbocycles. The Morgan fingerprint density at radius 3 is 2.67 bits per heavy atom. The van der Waals surface area contributed by atoms with Gasteiger partial charge in [-0.15, -0.1) is 0 Å². The molecule has 0 spiro atoms. The van der Waals surface area contributed by atoms with Crippen molar-refractivity contribution < 1.29 is 14.0 Å². The van der Waals surface area contributed by atoms with Crippen molar-refractivity contribution in [2.75, 3.05) is 0 Å². The lowest BCUT2D eigenvalue weighted by atomic mass is 9.76. The van der Waals surface area contributed by atoms with E-state index in [1.54, 1.807) is 6.92 Å². The van der Waals surface area contributed by atoms with Crippen LogP contribution in [0.5, 0.6) is 0 Å². The van der Waals surface area contributed by atoms with E-state index in [1.807, 2.05) is 33.8 Å². The predicted octanol–water partition coefficient (Wildman–Crippen LogP) is 4.33. The van der Waals surface area contributed by atoms with Gasteiger partial charge in [0.05, 0.1) is 11.0 Å². The molecular formula is C18H23FN2O2S. The van der Waals surface area contributed by atoms with E-state index in [0.717, 1.165) is 18.2 Å². The van der Waals surface area contributed by atoms with Crippen LogP contribution in [0.15, 0.2) is 17.2 Å². The number of hydrogen-bond donors (Lipinski definition) is 1. The molecule has 1 aliphatic heterocycles. The zero-order valence-electron chi connectivity index (χ0n) is 14.7. The minimum atomic E-state index is -0.772. The van der Waals surface area contributed by atoms with Gasteiger partial charge in [-0.25, -0.2) is 9.82 Å². The van der Waals surface area contributed by atoms with E-state index >= 15 is 0 Å². The van der Waals surface area contributed by atoms with E-state index in [-0.39, 0.29) is 22.1 Å². The standard InChI is InChI=1S/C18H23FN2O2S/c1-6-7-15(22)18(4,5)13-8-12(9-14(19)10(13)2)16-11(3)24-17(23)21-20-16/h8-9,11H,6-7H2,1-5H3,(H,21,23). The third-order valence-electron chi connectivity index (χ3n) is 4.42. The second-order valence-electron chi connectivity index (χ2n) is 6.59. The summed E-state index contributed by atoms with van der Waals surface area (Å²) in [5.41, 5.74) is 4.01. The molecular weight excluding hydrogens is 327 g/mol. The van der Waals surface area contributed by atoms with Gasteiger partial charge in [-0.05, 0) is 57.4 Å². The van der Waals surface area contributed by atoms with Crippen LogP contribution in [-0.4, -0.2) is 22.0 Å². The maximum absolute atomic E-state index is 14.5. The van der Waals surface area contributed by atoms with Crippen molar-refractivity contribution in [3.05, 3.63) is 34.6 Å². The average molecular weight is 350 g/mol. The van der Waals surface area contributed by atoms with E-state index < -0.39 is 5.41 Å². The third-order valence-corrected chi connectivity index (χ3v) is 5.31. The minimum Gasteiger partial charge on any atom is -0.299 e. The number of ketones is 1. The van der Waals surface area contributed by atoms with Gasteiger partial charge in [-0.2, -0.15) is 5.10 Å². The number of hydrogen-bond acceptors (Lipinski definition) is 4. The maximum atomic E-state index is 14.5. The Balaban J connectivity index is 2.53. The summed E-state index contributed by atoms with van der Waals surface area (Å²) in [7, 11) is 0. The van der Waals surface area contributed by atoms with Crippen molar-refractivity contribution in [2.45, 2.75) is 58.1 Å². The van der Waals surface area contributed by atoms with Gasteiger partial charge in [0.25, 0.3) is 5.24 Å². The summed E-state index contributed by atoms with van der Waals surface area (Å²) in [6.45, 7) is 9.17. The van der Waals surface area contributed by atoms with E-state index in [0.29, 0.717) is 28.8 Å². The van der Waals surface area contributed by atoms with E-state index in [2.05, 4.69) is 10.5 Å². The summed E-state index contributed by atoms with van der Waals surface area (Å²) in [6, 6.07) is 3.26. The number of Topliss-reactive ketones (excluding diaryl/α,β-unsaturated/α-hetero) is 1. The fourth-order valence-corrected chi connectivity index (χ4v) is 3.62. The number of nitrogens with one attached hydrogen (secondary N) is 1. The quantitative estimate of drug-likeness (QED) is 0.860. The van der Waals surface area contributed by atoms with Crippen molar-refractivity contribution >= 4 is 28.5 Å². The highest BCUT2D eigenvalue weighted by atomic mass is 32.2. The number of hydrazone groups is 1. The highest BCUT2D eigenvalue weighted by Crippen LogP contribution is 2.32. The number of benzene rings is 1. The molecule has 1 atom stereocenters. The molecule has 130 valence electrons. The second-order valence-corrected chi connectivity index (χ2v) is 7.90. The highest BCUT2D eigenvalue weighted by Gasteiger charge is 2.32. The van der Waals surface area contributed by atoms with Gasteiger partial charge in [-0.3, -0.25) is 9.59 Å². The van der Waals surface area contributed by atoms with Crippen LogP contribution in [0.4, 0.5) is 9.18 Å². The van der Waals surface area contributed by atoms with Gasteiger partial charge in [0.15, 0.2) is 0 Å². The average Bonchev–Trinajstić information content (AvgIpc) is 2.50. The molecule has 4 nitrogen and oxygen atoms in total. The van der Waals surface area contributed by atoms with Crippen LogP contribution in [0, 0.1) is 12.7 Å². The molecule has 1 amide bonds. The number of rotatable bonds is 5. The van der Waals surface area contributed by atoms with Crippen LogP contribution in [0.25, 0.3) is 0 Å². The molecule has 6 heteroatoms. The summed E-state index contributed by atoms with van der Waals surface area (Å²) >= 11 is 1.11. The van der Waals surface area contributed by atoms with Gasteiger partial charge in [0.1, 0.15) is 11.6 Å². The third kappa shape index (κ3) is 3.53. The van der Waals surface area contributed by atoms with Crippen molar-refractivity contribution in [3.8, 4) is 0 Å². The molecule has 0 bridgehead atoms. The Morgan fingerprint density at radius 1 is 1.42 bits per heavy atom. The Hall–Kier alpha value is -1.69. The minimum absolute atomic E-state index is 0.0889. The molecule has 2 rings (SSSR count). The Morgan fingerprint density at radius 2 is 2.08 bits per heavy atom. The Bertz CT molecular complexity index is 713. The molecule has 24 heavy (non-hydrogen) atoms. The Kier molecular flexibility index (Phi) is 5.48. The Labute approximate surface area is 146 Å². The van der Waals surface area contributed by atoms with Crippen molar-refractivity contribution in [2.24, 2.45) is 5.10 Å². The van der Waals surface area contributed by atoms with Crippen LogP contribution in [0.3, 0.4) is 0 Å². The molecule has 1 unspecified atom stereocenters. The van der Waals surface area contributed by atoms with Gasteiger partial charge >= 0.3 is 0 Å². The van der Waals surface area contributed by atoms with Crippen LogP contribution in [0.1, 0.15) is 57.2 Å². The lowest BCUT2D eigenvalue weighted by molar-refractivity contribution is -0.123. The summed E-state index contributed by atoms with van der Waals surface area (Å²) < 4.78 is 14.5. The van der Waals surface area contributed by atoms with Gasteiger partial charge in [0.2, 0.25) is 0 Å². The predicted molar refractivity (Wildman–Crippen MR) is 96.2 cm³/mol. The van der Waals surface area contributed by atoms with Crippen molar-refractivity contribution in [1.29, 1.82) is 0 Å². The number of carbonyl (C=O) groups is 2. The van der Waals surface area contributed by atoms with E-state index in [9.17, 15) is 14.0 Å². The fourth-order valence-electron chi connectivity index (χ4n) is 2.90. The smallest absolute Gasteiger partial charge is 0.299 e. The first kappa shape index (κ1) is 18.6. The number of halogens is 1. The molecule has 1 aromatic carbocycles. The zero-order valence-corrected chi connectivity index (χ0v) is 15.5. The normalized spacial score (nSPS) is 18.2. The summed E-state index contributed by atoms with van der Waals surface area (Å²) in [5, 5.41) is 3.68. The topological polar surface area (TPSA) is 58.5 Å². The summed E-state index contributed by atoms with van der Waals surface area (Å²) in [4.78, 5) is 23.9. The van der Waals surface area contributed by atoms with Crippen molar-refractivity contribution in [3.63, 3.8) is 0 Å². The van der Waals surface area contributed by atoms with E-state index in [4.69, 9.17) is 0 Å². The monoisotopic (exact) mass is 350 g/mol.